The van der Waals surface area contributed by atoms with Crippen molar-refractivity contribution in [1.29, 1.82) is 0 Å². The molecule has 1 fully saturated rings. The highest BCUT2D eigenvalue weighted by atomic mass is 35.5. The molecule has 98 valence electrons. The number of alkyl halides is 3. The van der Waals surface area contributed by atoms with Crippen molar-refractivity contribution in [3.8, 4) is 0 Å². The largest absolute Gasteiger partial charge is 0.417 e. The average molecular weight is 279 g/mol. The lowest BCUT2D eigenvalue weighted by molar-refractivity contribution is -0.137. The molecule has 1 aromatic heterocycles. The first kappa shape index (κ1) is 13.1. The fourth-order valence-corrected chi connectivity index (χ4v) is 1.72. The fraction of sp³-hybridized carbons (Fsp3) is 0.455. The number of halogens is 4. The van der Waals surface area contributed by atoms with E-state index in [1.807, 2.05) is 6.92 Å². The fourth-order valence-electron chi connectivity index (χ4n) is 1.53. The molecule has 1 aliphatic rings. The van der Waals surface area contributed by atoms with Crippen LogP contribution in [0.3, 0.4) is 0 Å². The Morgan fingerprint density at radius 3 is 2.67 bits per heavy atom. The third-order valence-corrected chi connectivity index (χ3v) is 3.14. The maximum absolute atomic E-state index is 12.5. The topological polar surface area (TPSA) is 42.0 Å². The van der Waals surface area contributed by atoms with Gasteiger partial charge in [-0.25, -0.2) is 4.98 Å². The van der Waals surface area contributed by atoms with Crippen LogP contribution >= 0.6 is 11.6 Å². The van der Waals surface area contributed by atoms with Crippen molar-refractivity contribution in [2.24, 2.45) is 5.92 Å². The number of hydrogen-bond acceptors (Lipinski definition) is 2. The molecule has 1 aliphatic carbocycles. The molecule has 0 radical (unpaired) electrons. The summed E-state index contributed by atoms with van der Waals surface area (Å²) in [5, 5.41) is 2.38. The van der Waals surface area contributed by atoms with Crippen molar-refractivity contribution >= 4 is 17.5 Å². The smallest absolute Gasteiger partial charge is 0.349 e. The second-order valence-corrected chi connectivity index (χ2v) is 4.71. The van der Waals surface area contributed by atoms with E-state index in [1.54, 1.807) is 0 Å². The van der Waals surface area contributed by atoms with Crippen molar-refractivity contribution in [3.05, 3.63) is 28.5 Å². The van der Waals surface area contributed by atoms with Crippen LogP contribution in [0.25, 0.3) is 0 Å². The van der Waals surface area contributed by atoms with Gasteiger partial charge in [0.2, 0.25) is 0 Å². The van der Waals surface area contributed by atoms with Gasteiger partial charge in [0, 0.05) is 12.2 Å². The SMILES string of the molecule is CC1CC1NC(=O)c1cc(C(F)(F)F)cnc1Cl. The molecule has 2 unspecified atom stereocenters. The van der Waals surface area contributed by atoms with Crippen LogP contribution in [0.5, 0.6) is 0 Å². The summed E-state index contributed by atoms with van der Waals surface area (Å²) in [7, 11) is 0. The average Bonchev–Trinajstić information content (AvgIpc) is 2.92. The Hall–Kier alpha value is -1.30. The molecule has 7 heteroatoms. The van der Waals surface area contributed by atoms with Gasteiger partial charge in [-0.05, 0) is 18.4 Å². The summed E-state index contributed by atoms with van der Waals surface area (Å²) in [5.41, 5.74) is -1.23. The maximum atomic E-state index is 12.5. The number of rotatable bonds is 2. The summed E-state index contributed by atoms with van der Waals surface area (Å²) >= 11 is 5.64. The first-order valence-corrected chi connectivity index (χ1v) is 5.70. The van der Waals surface area contributed by atoms with Gasteiger partial charge in [0.25, 0.3) is 5.91 Å². The molecule has 0 bridgehead atoms. The van der Waals surface area contributed by atoms with Crippen LogP contribution in [0.2, 0.25) is 5.15 Å². The molecular formula is C11H10ClF3N2O. The van der Waals surface area contributed by atoms with E-state index in [-0.39, 0.29) is 16.8 Å². The first-order valence-electron chi connectivity index (χ1n) is 5.32. The molecule has 18 heavy (non-hydrogen) atoms. The number of carbonyl (C=O) groups is 1. The molecule has 1 heterocycles. The molecule has 1 aromatic rings. The van der Waals surface area contributed by atoms with E-state index >= 15 is 0 Å². The molecule has 0 spiro atoms. The molecule has 0 aromatic carbocycles. The standard InChI is InChI=1S/C11H10ClF3N2O/c1-5-2-8(5)17-10(18)7-3-6(11(13,14)15)4-16-9(7)12/h3-5,8H,2H2,1H3,(H,17,18). The van der Waals surface area contributed by atoms with E-state index in [4.69, 9.17) is 11.6 Å². The van der Waals surface area contributed by atoms with E-state index in [0.717, 1.165) is 12.5 Å². The Balaban J connectivity index is 2.23. The summed E-state index contributed by atoms with van der Waals surface area (Å²) < 4.78 is 37.5. The Labute approximate surface area is 106 Å². The monoisotopic (exact) mass is 278 g/mol. The minimum Gasteiger partial charge on any atom is -0.349 e. The van der Waals surface area contributed by atoms with Crippen LogP contribution in [0.15, 0.2) is 12.3 Å². The minimum absolute atomic E-state index is 0.0168. The lowest BCUT2D eigenvalue weighted by atomic mass is 10.2. The molecule has 1 amide bonds. The Bertz CT molecular complexity index is 490. The van der Waals surface area contributed by atoms with Crippen LogP contribution in [0.1, 0.15) is 29.3 Å². The van der Waals surface area contributed by atoms with E-state index < -0.39 is 17.6 Å². The number of hydrogen-bond donors (Lipinski definition) is 1. The van der Waals surface area contributed by atoms with Gasteiger partial charge in [-0.3, -0.25) is 4.79 Å². The van der Waals surface area contributed by atoms with Crippen molar-refractivity contribution in [3.63, 3.8) is 0 Å². The molecule has 1 saturated carbocycles. The summed E-state index contributed by atoms with van der Waals surface area (Å²) in [6.45, 7) is 1.94. The number of amides is 1. The highest BCUT2D eigenvalue weighted by Crippen LogP contribution is 2.32. The highest BCUT2D eigenvalue weighted by Gasteiger charge is 2.36. The van der Waals surface area contributed by atoms with Crippen molar-refractivity contribution in [1.82, 2.24) is 10.3 Å². The van der Waals surface area contributed by atoms with Gasteiger partial charge in [-0.2, -0.15) is 13.2 Å². The Kier molecular flexibility index (Phi) is 3.23. The quantitative estimate of drug-likeness (QED) is 0.845. The second kappa shape index (κ2) is 4.42. The lowest BCUT2D eigenvalue weighted by Crippen LogP contribution is -2.27. The van der Waals surface area contributed by atoms with Gasteiger partial charge in [0.15, 0.2) is 0 Å². The Morgan fingerprint density at radius 2 is 2.17 bits per heavy atom. The maximum Gasteiger partial charge on any atom is 0.417 e. The number of carbonyl (C=O) groups excluding carboxylic acids is 1. The zero-order valence-electron chi connectivity index (χ0n) is 9.38. The molecular weight excluding hydrogens is 269 g/mol. The van der Waals surface area contributed by atoms with Crippen LogP contribution in [-0.4, -0.2) is 16.9 Å². The Morgan fingerprint density at radius 1 is 1.56 bits per heavy atom. The molecule has 2 atom stereocenters. The van der Waals surface area contributed by atoms with Gasteiger partial charge >= 0.3 is 6.18 Å². The third kappa shape index (κ3) is 2.75. The third-order valence-electron chi connectivity index (χ3n) is 2.84. The zero-order valence-corrected chi connectivity index (χ0v) is 10.1. The predicted octanol–water partition coefficient (Wildman–Crippen LogP) is 2.89. The number of nitrogens with zero attached hydrogens (tertiary/aromatic N) is 1. The van der Waals surface area contributed by atoms with Gasteiger partial charge in [-0.15, -0.1) is 0 Å². The van der Waals surface area contributed by atoms with Crippen molar-refractivity contribution in [2.45, 2.75) is 25.6 Å². The number of nitrogens with one attached hydrogen (secondary N) is 1. The summed E-state index contributed by atoms with van der Waals surface area (Å²) in [5.74, 6) is -0.264. The van der Waals surface area contributed by atoms with Crippen molar-refractivity contribution in [2.75, 3.05) is 0 Å². The highest BCUT2D eigenvalue weighted by molar-refractivity contribution is 6.32. The van der Waals surface area contributed by atoms with Gasteiger partial charge in [0.05, 0.1) is 11.1 Å². The van der Waals surface area contributed by atoms with E-state index in [2.05, 4.69) is 10.3 Å². The summed E-state index contributed by atoms with van der Waals surface area (Å²) in [4.78, 5) is 15.1. The number of pyridine rings is 1. The second-order valence-electron chi connectivity index (χ2n) is 4.35. The molecule has 0 saturated heterocycles. The van der Waals surface area contributed by atoms with Crippen LogP contribution in [-0.2, 0) is 6.18 Å². The normalized spacial score (nSPS) is 22.7. The minimum atomic E-state index is -4.54. The summed E-state index contributed by atoms with van der Waals surface area (Å²) in [6.07, 6.45) is -3.10. The van der Waals surface area contributed by atoms with Gasteiger partial charge < -0.3 is 5.32 Å². The molecule has 3 nitrogen and oxygen atoms in total. The first-order chi connectivity index (χ1) is 8.29. The van der Waals surface area contributed by atoms with Gasteiger partial charge in [0.1, 0.15) is 5.15 Å². The van der Waals surface area contributed by atoms with E-state index in [0.29, 0.717) is 12.1 Å². The summed E-state index contributed by atoms with van der Waals surface area (Å²) in [6, 6.07) is 0.737. The van der Waals surface area contributed by atoms with Gasteiger partial charge in [-0.1, -0.05) is 18.5 Å². The molecule has 0 aliphatic heterocycles. The van der Waals surface area contributed by atoms with E-state index in [9.17, 15) is 18.0 Å². The van der Waals surface area contributed by atoms with E-state index in [1.165, 1.54) is 0 Å². The van der Waals surface area contributed by atoms with Crippen LogP contribution < -0.4 is 5.32 Å². The number of aromatic nitrogens is 1. The van der Waals surface area contributed by atoms with Crippen LogP contribution in [0.4, 0.5) is 13.2 Å². The molecule has 2 rings (SSSR count). The molecule has 1 N–H and O–H groups in total. The zero-order chi connectivity index (χ0) is 13.5. The van der Waals surface area contributed by atoms with Crippen molar-refractivity contribution < 1.29 is 18.0 Å². The van der Waals surface area contributed by atoms with Crippen LogP contribution in [0, 0.1) is 5.92 Å². The predicted molar refractivity (Wildman–Crippen MR) is 59.3 cm³/mol. The lowest BCUT2D eigenvalue weighted by Gasteiger charge is -2.09.